The van der Waals surface area contributed by atoms with E-state index in [1.54, 1.807) is 24.0 Å². The second kappa shape index (κ2) is 9.76. The zero-order valence-electron chi connectivity index (χ0n) is 18.7. The first kappa shape index (κ1) is 23.6. The third-order valence-corrected chi connectivity index (χ3v) is 5.97. The molecule has 34 heavy (non-hydrogen) atoms. The van der Waals surface area contributed by atoms with E-state index in [0.717, 1.165) is 12.1 Å². The molecule has 1 amide bonds. The maximum absolute atomic E-state index is 14.2. The molecular weight excluding hydrogens is 451 g/mol. The summed E-state index contributed by atoms with van der Waals surface area (Å²) in [7, 11) is 1.37. The molecule has 7 nitrogen and oxygen atoms in total. The van der Waals surface area contributed by atoms with Crippen LogP contribution in [0.1, 0.15) is 40.3 Å². The number of nitrogens with one attached hydrogen (secondary N) is 1. The van der Waals surface area contributed by atoms with Crippen LogP contribution in [0, 0.1) is 17.5 Å². The molecule has 1 aromatic carbocycles. The quantitative estimate of drug-likeness (QED) is 0.553. The highest BCUT2D eigenvalue weighted by Crippen LogP contribution is 2.25. The molecule has 0 saturated heterocycles. The molecule has 10 heteroatoms. The minimum Gasteiger partial charge on any atom is -0.496 e. The molecule has 3 aromatic rings. The second-order valence-electron chi connectivity index (χ2n) is 8.08. The van der Waals surface area contributed by atoms with Gasteiger partial charge >= 0.3 is 0 Å². The van der Waals surface area contributed by atoms with Gasteiger partial charge in [0.25, 0.3) is 11.5 Å². The molecule has 1 atom stereocenters. The fourth-order valence-corrected chi connectivity index (χ4v) is 4.17. The summed E-state index contributed by atoms with van der Waals surface area (Å²) in [5.74, 6) is -2.94. The number of ether oxygens (including phenoxy) is 1. The van der Waals surface area contributed by atoms with Crippen LogP contribution in [0.2, 0.25) is 0 Å². The fraction of sp³-hybridized carbons (Fsp3) is 0.333. The van der Waals surface area contributed by atoms with Gasteiger partial charge in [0.05, 0.1) is 19.4 Å². The molecular formula is C24H24F3N3O4. The number of hydrogen-bond acceptors (Lipinski definition) is 5. The summed E-state index contributed by atoms with van der Waals surface area (Å²) in [5.41, 5.74) is -0.0600. The van der Waals surface area contributed by atoms with Crippen LogP contribution in [0.15, 0.2) is 45.8 Å². The minimum atomic E-state index is -1.23. The van der Waals surface area contributed by atoms with Gasteiger partial charge in [-0.3, -0.25) is 14.5 Å². The normalized spacial score (nSPS) is 14.9. The SMILES string of the molecule is COc1cc(=O)n2c(c1C(=O)NC(C)c1ccco1)CCN(Cc1c(F)ccc(F)c1F)CC2. The lowest BCUT2D eigenvalue weighted by molar-refractivity contribution is 0.0930. The highest BCUT2D eigenvalue weighted by molar-refractivity contribution is 5.98. The number of hydrogen-bond donors (Lipinski definition) is 1. The first-order valence-corrected chi connectivity index (χ1v) is 10.8. The van der Waals surface area contributed by atoms with E-state index in [4.69, 9.17) is 9.15 Å². The van der Waals surface area contributed by atoms with Crippen LogP contribution in [0.4, 0.5) is 13.2 Å². The van der Waals surface area contributed by atoms with Crippen molar-refractivity contribution in [2.24, 2.45) is 0 Å². The molecule has 0 radical (unpaired) electrons. The average molecular weight is 475 g/mol. The Bertz CT molecular complexity index is 1260. The molecule has 4 rings (SSSR count). The maximum atomic E-state index is 14.2. The van der Waals surface area contributed by atoms with Crippen LogP contribution in [-0.4, -0.2) is 35.6 Å². The smallest absolute Gasteiger partial charge is 0.257 e. The van der Waals surface area contributed by atoms with Gasteiger partial charge in [-0.1, -0.05) is 0 Å². The minimum absolute atomic E-state index is 0.135. The molecule has 180 valence electrons. The largest absolute Gasteiger partial charge is 0.496 e. The van der Waals surface area contributed by atoms with Gasteiger partial charge in [-0.2, -0.15) is 0 Å². The lowest BCUT2D eigenvalue weighted by Crippen LogP contribution is -2.32. The van der Waals surface area contributed by atoms with E-state index < -0.39 is 29.4 Å². The predicted octanol–water partition coefficient (Wildman–Crippen LogP) is 3.42. The number of benzene rings is 1. The Balaban J connectivity index is 1.62. The highest BCUT2D eigenvalue weighted by atomic mass is 19.2. The van der Waals surface area contributed by atoms with E-state index in [1.165, 1.54) is 24.0 Å². The van der Waals surface area contributed by atoms with Gasteiger partial charge in [0.1, 0.15) is 22.9 Å². The van der Waals surface area contributed by atoms with Crippen LogP contribution in [0.5, 0.6) is 5.75 Å². The molecule has 1 aliphatic rings. The predicted molar refractivity (Wildman–Crippen MR) is 117 cm³/mol. The van der Waals surface area contributed by atoms with E-state index in [-0.39, 0.29) is 55.0 Å². The number of fused-ring (bicyclic) bond motifs is 1. The van der Waals surface area contributed by atoms with E-state index >= 15 is 0 Å². The van der Waals surface area contributed by atoms with Crippen molar-refractivity contribution in [1.82, 2.24) is 14.8 Å². The van der Waals surface area contributed by atoms with E-state index in [2.05, 4.69) is 5.32 Å². The zero-order chi connectivity index (χ0) is 24.4. The lowest BCUT2D eigenvalue weighted by atomic mass is 10.1. The topological polar surface area (TPSA) is 76.7 Å². The summed E-state index contributed by atoms with van der Waals surface area (Å²) in [6.07, 6.45) is 1.74. The molecule has 2 aromatic heterocycles. The highest BCUT2D eigenvalue weighted by Gasteiger charge is 2.27. The van der Waals surface area contributed by atoms with Gasteiger partial charge in [-0.15, -0.1) is 0 Å². The Hall–Kier alpha value is -3.53. The Labute approximate surface area is 193 Å². The van der Waals surface area contributed by atoms with Crippen molar-refractivity contribution in [2.45, 2.75) is 32.5 Å². The van der Waals surface area contributed by atoms with Crippen molar-refractivity contribution >= 4 is 5.91 Å². The lowest BCUT2D eigenvalue weighted by Gasteiger charge is -2.20. The number of rotatable bonds is 6. The standard InChI is InChI=1S/C24H24F3N3O4/c1-14(19-4-3-11-34-19)28-24(32)22-18-7-8-29(9-10-30(18)21(31)12-20(22)33-2)13-15-16(25)5-6-17(26)23(15)27/h3-6,11-12,14H,7-10,13H2,1-2H3,(H,28,32). The van der Waals surface area contributed by atoms with E-state index in [9.17, 15) is 22.8 Å². The number of furan rings is 1. The molecule has 0 bridgehead atoms. The Morgan fingerprint density at radius 3 is 2.65 bits per heavy atom. The Kier molecular flexibility index (Phi) is 6.78. The van der Waals surface area contributed by atoms with Gasteiger partial charge in [-0.05, 0) is 31.2 Å². The zero-order valence-corrected chi connectivity index (χ0v) is 18.7. The Morgan fingerprint density at radius 1 is 1.18 bits per heavy atom. The number of aromatic nitrogens is 1. The van der Waals surface area contributed by atoms with Crippen LogP contribution in [-0.2, 0) is 19.5 Å². The van der Waals surface area contributed by atoms with Gasteiger partial charge in [0.2, 0.25) is 0 Å². The molecule has 1 aliphatic heterocycles. The monoisotopic (exact) mass is 475 g/mol. The van der Waals surface area contributed by atoms with Crippen molar-refractivity contribution in [2.75, 3.05) is 20.2 Å². The van der Waals surface area contributed by atoms with Crippen LogP contribution in [0.3, 0.4) is 0 Å². The molecule has 0 aliphatic carbocycles. The van der Waals surface area contributed by atoms with Crippen molar-refractivity contribution in [3.05, 3.63) is 87.0 Å². The van der Waals surface area contributed by atoms with Crippen molar-refractivity contribution in [1.29, 1.82) is 0 Å². The van der Waals surface area contributed by atoms with Gasteiger partial charge in [0, 0.05) is 49.9 Å². The molecule has 1 unspecified atom stereocenters. The van der Waals surface area contributed by atoms with Gasteiger partial charge in [0.15, 0.2) is 11.6 Å². The van der Waals surface area contributed by atoms with E-state index in [1.807, 2.05) is 0 Å². The first-order valence-electron chi connectivity index (χ1n) is 10.8. The van der Waals surface area contributed by atoms with Gasteiger partial charge < -0.3 is 19.0 Å². The molecule has 1 N–H and O–H groups in total. The van der Waals surface area contributed by atoms with Crippen LogP contribution in [0.25, 0.3) is 0 Å². The molecule has 0 spiro atoms. The third-order valence-electron chi connectivity index (χ3n) is 5.97. The van der Waals surface area contributed by atoms with Crippen molar-refractivity contribution in [3.63, 3.8) is 0 Å². The summed E-state index contributed by atoms with van der Waals surface area (Å²) in [6, 6.07) is 5.90. The molecule has 0 saturated carbocycles. The number of halogens is 3. The van der Waals surface area contributed by atoms with Crippen LogP contribution < -0.4 is 15.6 Å². The number of methoxy groups -OCH3 is 1. The number of nitrogens with zero attached hydrogens (tertiary/aromatic N) is 2. The third kappa shape index (κ3) is 4.58. The maximum Gasteiger partial charge on any atom is 0.257 e. The average Bonchev–Trinajstić information content (AvgIpc) is 3.28. The number of carbonyl (C=O) groups excluding carboxylic acids is 1. The Morgan fingerprint density at radius 2 is 1.94 bits per heavy atom. The van der Waals surface area contributed by atoms with E-state index in [0.29, 0.717) is 11.5 Å². The number of amides is 1. The number of pyridine rings is 1. The van der Waals surface area contributed by atoms with Gasteiger partial charge in [-0.25, -0.2) is 13.2 Å². The fourth-order valence-electron chi connectivity index (χ4n) is 4.17. The second-order valence-corrected chi connectivity index (χ2v) is 8.08. The van der Waals surface area contributed by atoms with Crippen LogP contribution >= 0.6 is 0 Å². The molecule has 3 heterocycles. The summed E-state index contributed by atoms with van der Waals surface area (Å²) >= 11 is 0. The summed E-state index contributed by atoms with van der Waals surface area (Å²) in [4.78, 5) is 27.7. The summed E-state index contributed by atoms with van der Waals surface area (Å²) in [5, 5.41) is 2.85. The number of carbonyl (C=O) groups is 1. The van der Waals surface area contributed by atoms with Crippen molar-refractivity contribution < 1.29 is 27.1 Å². The first-order chi connectivity index (χ1) is 16.3. The van der Waals surface area contributed by atoms with Crippen molar-refractivity contribution in [3.8, 4) is 5.75 Å². The summed E-state index contributed by atoms with van der Waals surface area (Å²) in [6.45, 7) is 2.34. The molecule has 0 fully saturated rings. The summed E-state index contributed by atoms with van der Waals surface area (Å²) < 4.78 is 54.1.